The van der Waals surface area contributed by atoms with Crippen LogP contribution in [-0.2, 0) is 16.6 Å². The molecule has 1 fully saturated rings. The molecule has 0 atom stereocenters. The van der Waals surface area contributed by atoms with E-state index >= 15 is 0 Å². The van der Waals surface area contributed by atoms with Gasteiger partial charge in [-0.3, -0.25) is 4.90 Å². The van der Waals surface area contributed by atoms with Gasteiger partial charge < -0.3 is 8.94 Å². The lowest BCUT2D eigenvalue weighted by molar-refractivity contribution is 0.251. The van der Waals surface area contributed by atoms with Crippen LogP contribution in [0.2, 0.25) is 0 Å². The summed E-state index contributed by atoms with van der Waals surface area (Å²) in [7, 11) is -3.64. The van der Waals surface area contributed by atoms with Crippen LogP contribution in [0.4, 0.5) is 0 Å². The fourth-order valence-electron chi connectivity index (χ4n) is 3.72. The monoisotopic (exact) mass is 431 g/mol. The first-order chi connectivity index (χ1) is 14.3. The lowest BCUT2D eigenvalue weighted by Crippen LogP contribution is -2.35. The van der Waals surface area contributed by atoms with Gasteiger partial charge >= 0.3 is 0 Å². The van der Waals surface area contributed by atoms with Gasteiger partial charge in [-0.15, -0.1) is 10.2 Å². The predicted molar refractivity (Wildman–Crippen MR) is 109 cm³/mol. The third-order valence-electron chi connectivity index (χ3n) is 5.20. The van der Waals surface area contributed by atoms with Crippen molar-refractivity contribution in [3.8, 4) is 11.5 Å². The summed E-state index contributed by atoms with van der Waals surface area (Å²) in [6.45, 7) is 7.92. The molecule has 0 radical (unpaired) electrons. The van der Waals surface area contributed by atoms with Gasteiger partial charge in [-0.05, 0) is 45.9 Å². The first-order valence-corrected chi connectivity index (χ1v) is 11.3. The summed E-state index contributed by atoms with van der Waals surface area (Å²) in [6, 6.07) is 7.91. The van der Waals surface area contributed by atoms with Crippen LogP contribution >= 0.6 is 0 Å². The molecule has 9 nitrogen and oxygen atoms in total. The highest BCUT2D eigenvalue weighted by atomic mass is 32.2. The largest absolute Gasteiger partial charge is 0.419 e. The van der Waals surface area contributed by atoms with Crippen molar-refractivity contribution in [2.75, 3.05) is 26.2 Å². The van der Waals surface area contributed by atoms with E-state index in [1.165, 1.54) is 4.31 Å². The van der Waals surface area contributed by atoms with Crippen molar-refractivity contribution in [3.05, 3.63) is 47.2 Å². The summed E-state index contributed by atoms with van der Waals surface area (Å²) in [5.41, 5.74) is 2.41. The van der Waals surface area contributed by atoms with E-state index in [4.69, 9.17) is 8.94 Å². The lowest BCUT2D eigenvalue weighted by Gasteiger charge is -2.20. The minimum absolute atomic E-state index is 0.177. The molecule has 4 rings (SSSR count). The van der Waals surface area contributed by atoms with E-state index in [1.54, 1.807) is 13.8 Å². The Bertz CT molecular complexity index is 1120. The third kappa shape index (κ3) is 4.16. The van der Waals surface area contributed by atoms with Crippen LogP contribution in [0.1, 0.15) is 29.3 Å². The molecule has 30 heavy (non-hydrogen) atoms. The number of hydrogen-bond donors (Lipinski definition) is 0. The predicted octanol–water partition coefficient (Wildman–Crippen LogP) is 2.55. The van der Waals surface area contributed by atoms with Crippen molar-refractivity contribution in [2.24, 2.45) is 0 Å². The van der Waals surface area contributed by atoms with Crippen molar-refractivity contribution >= 4 is 10.0 Å². The molecule has 10 heteroatoms. The molecule has 0 unspecified atom stereocenters. The van der Waals surface area contributed by atoms with Crippen LogP contribution in [0, 0.1) is 20.8 Å². The maximum atomic E-state index is 13.1. The number of benzene rings is 1. The summed E-state index contributed by atoms with van der Waals surface area (Å²) < 4.78 is 38.5. The van der Waals surface area contributed by atoms with Crippen molar-refractivity contribution in [3.63, 3.8) is 0 Å². The number of hydrogen-bond acceptors (Lipinski definition) is 8. The van der Waals surface area contributed by atoms with E-state index in [0.717, 1.165) is 17.7 Å². The Balaban J connectivity index is 1.43. The molecule has 1 aliphatic heterocycles. The zero-order valence-electron chi connectivity index (χ0n) is 17.3. The maximum Gasteiger partial charge on any atom is 0.248 e. The molecule has 0 bridgehead atoms. The normalized spacial score (nSPS) is 16.6. The van der Waals surface area contributed by atoms with Crippen molar-refractivity contribution in [2.45, 2.75) is 38.6 Å². The Morgan fingerprint density at radius 1 is 1.07 bits per heavy atom. The van der Waals surface area contributed by atoms with Crippen LogP contribution in [0.5, 0.6) is 0 Å². The van der Waals surface area contributed by atoms with Gasteiger partial charge in [0.2, 0.25) is 21.8 Å². The Hall–Kier alpha value is -2.56. The van der Waals surface area contributed by atoms with Crippen LogP contribution in [-0.4, -0.2) is 59.2 Å². The fourth-order valence-corrected chi connectivity index (χ4v) is 5.48. The van der Waals surface area contributed by atoms with E-state index in [9.17, 15) is 8.42 Å². The van der Waals surface area contributed by atoms with Gasteiger partial charge in [-0.1, -0.05) is 22.9 Å². The average Bonchev–Trinajstić information content (AvgIpc) is 3.21. The van der Waals surface area contributed by atoms with Gasteiger partial charge in [0.25, 0.3) is 0 Å². The SMILES string of the molecule is Cc1cccc(-c2nnc(CN3CCCN(S(=O)(=O)c4c(C)noc4C)CC3)o2)c1. The van der Waals surface area contributed by atoms with Crippen molar-refractivity contribution < 1.29 is 17.4 Å². The third-order valence-corrected chi connectivity index (χ3v) is 7.35. The van der Waals surface area contributed by atoms with Gasteiger partial charge in [-0.25, -0.2) is 8.42 Å². The number of aryl methyl sites for hydroxylation is 3. The molecule has 3 aromatic rings. The van der Waals surface area contributed by atoms with Crippen LogP contribution in [0.15, 0.2) is 38.1 Å². The van der Waals surface area contributed by atoms with E-state index in [0.29, 0.717) is 55.8 Å². The molecule has 0 spiro atoms. The average molecular weight is 432 g/mol. The highest BCUT2D eigenvalue weighted by molar-refractivity contribution is 7.89. The molecule has 0 saturated carbocycles. The van der Waals surface area contributed by atoms with Crippen molar-refractivity contribution in [1.82, 2.24) is 24.6 Å². The van der Waals surface area contributed by atoms with Gasteiger partial charge in [0.1, 0.15) is 10.6 Å². The highest BCUT2D eigenvalue weighted by Gasteiger charge is 2.32. The summed E-state index contributed by atoms with van der Waals surface area (Å²) in [6.07, 6.45) is 0.710. The molecule has 160 valence electrons. The summed E-state index contributed by atoms with van der Waals surface area (Å²) in [4.78, 5) is 2.31. The van der Waals surface area contributed by atoms with Gasteiger partial charge in [-0.2, -0.15) is 4.31 Å². The second kappa shape index (κ2) is 8.29. The fraction of sp³-hybridized carbons (Fsp3) is 0.450. The molecule has 1 aliphatic rings. The molecular formula is C20H25N5O4S. The first-order valence-electron chi connectivity index (χ1n) is 9.89. The second-order valence-corrected chi connectivity index (χ2v) is 9.43. The topological polar surface area (TPSA) is 106 Å². The van der Waals surface area contributed by atoms with E-state index in [-0.39, 0.29) is 4.90 Å². The molecule has 0 N–H and O–H groups in total. The molecule has 1 aromatic carbocycles. The zero-order valence-corrected chi connectivity index (χ0v) is 18.1. The number of rotatable bonds is 5. The lowest BCUT2D eigenvalue weighted by atomic mass is 10.1. The van der Waals surface area contributed by atoms with Crippen molar-refractivity contribution in [1.29, 1.82) is 0 Å². The molecule has 1 saturated heterocycles. The molecule has 0 aliphatic carbocycles. The molecular weight excluding hydrogens is 406 g/mol. The Labute approximate surface area is 175 Å². The minimum Gasteiger partial charge on any atom is -0.419 e. The molecule has 3 heterocycles. The summed E-state index contributed by atoms with van der Waals surface area (Å²) in [5.74, 6) is 1.34. The first kappa shape index (κ1) is 20.7. The van der Waals surface area contributed by atoms with Crippen LogP contribution in [0.25, 0.3) is 11.5 Å². The van der Waals surface area contributed by atoms with E-state index < -0.39 is 10.0 Å². The number of sulfonamides is 1. The quantitative estimate of drug-likeness (QED) is 0.607. The minimum atomic E-state index is -3.64. The zero-order chi connectivity index (χ0) is 21.3. The maximum absolute atomic E-state index is 13.1. The highest BCUT2D eigenvalue weighted by Crippen LogP contribution is 2.25. The Kier molecular flexibility index (Phi) is 5.72. The Morgan fingerprint density at radius 3 is 2.63 bits per heavy atom. The van der Waals surface area contributed by atoms with E-state index in [2.05, 4.69) is 20.3 Å². The summed E-state index contributed by atoms with van der Waals surface area (Å²) in [5, 5.41) is 12.1. The number of nitrogens with zero attached hydrogens (tertiary/aromatic N) is 5. The standard InChI is InChI=1S/C20H25N5O4S/c1-14-6-4-7-17(12-14)20-22-21-18(28-20)13-24-8-5-9-25(11-10-24)30(26,27)19-15(2)23-29-16(19)3/h4,6-7,12H,5,8-11,13H2,1-3H3. The van der Waals surface area contributed by atoms with Crippen LogP contribution < -0.4 is 0 Å². The number of aromatic nitrogens is 3. The van der Waals surface area contributed by atoms with E-state index in [1.807, 2.05) is 31.2 Å². The second-order valence-electron chi connectivity index (χ2n) is 7.56. The summed E-state index contributed by atoms with van der Waals surface area (Å²) >= 11 is 0. The van der Waals surface area contributed by atoms with Gasteiger partial charge in [0.15, 0.2) is 5.76 Å². The smallest absolute Gasteiger partial charge is 0.248 e. The van der Waals surface area contributed by atoms with Gasteiger partial charge in [0.05, 0.1) is 6.54 Å². The Morgan fingerprint density at radius 2 is 1.90 bits per heavy atom. The molecule has 2 aromatic heterocycles. The van der Waals surface area contributed by atoms with Crippen LogP contribution in [0.3, 0.4) is 0 Å². The van der Waals surface area contributed by atoms with Gasteiger partial charge in [0, 0.05) is 25.2 Å². The molecule has 0 amide bonds.